The maximum atomic E-state index is 11.3. The first kappa shape index (κ1) is 16.7. The van der Waals surface area contributed by atoms with Crippen molar-refractivity contribution in [3.05, 3.63) is 28.3 Å². The van der Waals surface area contributed by atoms with Gasteiger partial charge in [-0.25, -0.2) is 0 Å². The molecule has 1 aromatic carbocycles. The van der Waals surface area contributed by atoms with Crippen LogP contribution in [0.25, 0.3) is 0 Å². The molecule has 0 fully saturated rings. The molecule has 8 heteroatoms. The fraction of sp³-hybridized carbons (Fsp3) is 0.462. The van der Waals surface area contributed by atoms with Crippen LogP contribution in [-0.2, 0) is 4.79 Å². The van der Waals surface area contributed by atoms with Crippen molar-refractivity contribution in [2.45, 2.75) is 25.9 Å². The summed E-state index contributed by atoms with van der Waals surface area (Å²) in [6.07, 6.45) is 0. The maximum absolute atomic E-state index is 11.3. The number of methoxy groups -OCH3 is 1. The summed E-state index contributed by atoms with van der Waals surface area (Å²) in [7, 11) is 1.42. The van der Waals surface area contributed by atoms with Gasteiger partial charge in [0.15, 0.2) is 11.5 Å². The van der Waals surface area contributed by atoms with Gasteiger partial charge in [-0.15, -0.1) is 0 Å². The molecule has 0 heterocycles. The Bertz CT molecular complexity index is 519. The van der Waals surface area contributed by atoms with E-state index in [9.17, 15) is 14.9 Å². The summed E-state index contributed by atoms with van der Waals surface area (Å²) in [5.74, 6) is -0.0371. The van der Waals surface area contributed by atoms with E-state index >= 15 is 0 Å². The second-order valence-corrected chi connectivity index (χ2v) is 4.68. The Hall–Kier alpha value is -2.35. The predicted octanol–water partition coefficient (Wildman–Crippen LogP) is 0.834. The third-order valence-electron chi connectivity index (χ3n) is 2.64. The number of rotatable bonds is 8. The van der Waals surface area contributed by atoms with Gasteiger partial charge in [0.05, 0.1) is 18.1 Å². The lowest BCUT2D eigenvalue weighted by Gasteiger charge is -2.19. The summed E-state index contributed by atoms with van der Waals surface area (Å²) in [5.41, 5.74) is 5.15. The molecule has 0 aliphatic carbocycles. The van der Waals surface area contributed by atoms with Crippen molar-refractivity contribution in [2.24, 2.45) is 5.73 Å². The van der Waals surface area contributed by atoms with Gasteiger partial charge in [-0.05, 0) is 6.07 Å². The van der Waals surface area contributed by atoms with Gasteiger partial charge in [-0.2, -0.15) is 0 Å². The lowest BCUT2D eigenvalue weighted by atomic mass is 10.2. The van der Waals surface area contributed by atoms with Gasteiger partial charge in [0.1, 0.15) is 12.6 Å². The molecule has 0 saturated heterocycles. The molecule has 116 valence electrons. The largest absolute Gasteiger partial charge is 0.493 e. The number of nitrogens with two attached hydrogens (primary N) is 1. The number of carbonyl (C=O) groups excluding carboxylic acids is 1. The van der Waals surface area contributed by atoms with Crippen molar-refractivity contribution in [3.63, 3.8) is 0 Å². The van der Waals surface area contributed by atoms with Crippen LogP contribution in [0.3, 0.4) is 0 Å². The molecule has 3 N–H and O–H groups in total. The topological polar surface area (TPSA) is 117 Å². The average molecular weight is 297 g/mol. The highest BCUT2D eigenvalue weighted by molar-refractivity contribution is 5.80. The first-order chi connectivity index (χ1) is 9.85. The van der Waals surface area contributed by atoms with Gasteiger partial charge in [0.25, 0.3) is 5.69 Å². The molecule has 1 atom stereocenters. The Morgan fingerprint density at radius 1 is 1.43 bits per heavy atom. The summed E-state index contributed by atoms with van der Waals surface area (Å²) >= 11 is 0. The zero-order valence-corrected chi connectivity index (χ0v) is 12.2. The highest BCUT2D eigenvalue weighted by atomic mass is 16.6. The van der Waals surface area contributed by atoms with E-state index in [4.69, 9.17) is 15.2 Å². The third-order valence-corrected chi connectivity index (χ3v) is 2.64. The fourth-order valence-corrected chi connectivity index (χ4v) is 1.68. The molecular weight excluding hydrogens is 278 g/mol. The van der Waals surface area contributed by atoms with Crippen LogP contribution in [0.15, 0.2) is 18.2 Å². The number of hydrogen-bond acceptors (Lipinski definition) is 6. The highest BCUT2D eigenvalue weighted by Gasteiger charge is 2.19. The van der Waals surface area contributed by atoms with Crippen LogP contribution in [0.4, 0.5) is 5.69 Å². The van der Waals surface area contributed by atoms with Crippen molar-refractivity contribution < 1.29 is 19.2 Å². The van der Waals surface area contributed by atoms with Crippen LogP contribution in [0.5, 0.6) is 11.5 Å². The molecule has 0 aliphatic heterocycles. The van der Waals surface area contributed by atoms with E-state index in [0.717, 1.165) is 0 Å². The number of nitro benzene ring substituents is 1. The molecule has 0 saturated carbocycles. The van der Waals surface area contributed by atoms with E-state index < -0.39 is 16.9 Å². The van der Waals surface area contributed by atoms with Crippen LogP contribution < -0.4 is 20.5 Å². The second kappa shape index (κ2) is 7.44. The van der Waals surface area contributed by atoms with Gasteiger partial charge in [-0.1, -0.05) is 13.8 Å². The average Bonchev–Trinajstić information content (AvgIpc) is 2.42. The fourth-order valence-electron chi connectivity index (χ4n) is 1.68. The van der Waals surface area contributed by atoms with Gasteiger partial charge in [-0.3, -0.25) is 14.9 Å². The Kier molecular flexibility index (Phi) is 5.92. The van der Waals surface area contributed by atoms with Crippen molar-refractivity contribution in [1.82, 2.24) is 5.32 Å². The zero-order chi connectivity index (χ0) is 16.0. The monoisotopic (exact) mass is 297 g/mol. The molecule has 1 unspecified atom stereocenters. The molecule has 1 rings (SSSR count). The van der Waals surface area contributed by atoms with Crippen molar-refractivity contribution in [2.75, 3.05) is 13.7 Å². The minimum Gasteiger partial charge on any atom is -0.493 e. The van der Waals surface area contributed by atoms with Crippen LogP contribution in [0, 0.1) is 10.1 Å². The Labute approximate surface area is 122 Å². The molecule has 0 aromatic heterocycles. The number of carbonyl (C=O) groups is 1. The SMILES string of the molecule is COc1ccc([N+](=O)[O-])cc1OCC(NC(C)C)C(N)=O. The maximum Gasteiger partial charge on any atom is 0.273 e. The van der Waals surface area contributed by atoms with E-state index in [2.05, 4.69) is 5.32 Å². The third kappa shape index (κ3) is 4.92. The Morgan fingerprint density at radius 3 is 2.57 bits per heavy atom. The number of amides is 1. The zero-order valence-electron chi connectivity index (χ0n) is 12.2. The molecule has 0 aliphatic rings. The molecule has 0 bridgehead atoms. The van der Waals surface area contributed by atoms with Crippen LogP contribution in [0.1, 0.15) is 13.8 Å². The lowest BCUT2D eigenvalue weighted by molar-refractivity contribution is -0.385. The van der Waals surface area contributed by atoms with Crippen LogP contribution in [-0.4, -0.2) is 36.6 Å². The number of non-ortho nitro benzene ring substituents is 1. The molecule has 1 aromatic rings. The number of nitrogens with zero attached hydrogens (tertiary/aromatic N) is 1. The first-order valence-corrected chi connectivity index (χ1v) is 6.35. The van der Waals surface area contributed by atoms with E-state index in [-0.39, 0.29) is 24.1 Å². The Morgan fingerprint density at radius 2 is 2.10 bits per heavy atom. The van der Waals surface area contributed by atoms with E-state index in [1.807, 2.05) is 13.8 Å². The minimum atomic E-state index is -0.700. The standard InChI is InChI=1S/C13H19N3O5/c1-8(2)15-10(13(14)17)7-21-12-6-9(16(18)19)4-5-11(12)20-3/h4-6,8,10,15H,7H2,1-3H3,(H2,14,17). The van der Waals surface area contributed by atoms with E-state index in [1.165, 1.54) is 25.3 Å². The molecule has 0 radical (unpaired) electrons. The van der Waals surface area contributed by atoms with Crippen molar-refractivity contribution >= 4 is 11.6 Å². The summed E-state index contributed by atoms with van der Waals surface area (Å²) in [6, 6.07) is 3.32. The van der Waals surface area contributed by atoms with Crippen LogP contribution in [0.2, 0.25) is 0 Å². The number of primary amides is 1. The van der Waals surface area contributed by atoms with Crippen molar-refractivity contribution in [3.8, 4) is 11.5 Å². The summed E-state index contributed by atoms with van der Waals surface area (Å²) in [5, 5.41) is 13.7. The molecule has 8 nitrogen and oxygen atoms in total. The molecule has 21 heavy (non-hydrogen) atoms. The first-order valence-electron chi connectivity index (χ1n) is 6.35. The Balaban J connectivity index is 2.87. The molecule has 0 spiro atoms. The number of hydrogen-bond donors (Lipinski definition) is 2. The summed E-state index contributed by atoms with van der Waals surface area (Å²) in [6.45, 7) is 3.68. The number of ether oxygens (including phenoxy) is 2. The van der Waals surface area contributed by atoms with E-state index in [0.29, 0.717) is 5.75 Å². The van der Waals surface area contributed by atoms with Crippen LogP contribution >= 0.6 is 0 Å². The van der Waals surface area contributed by atoms with Gasteiger partial charge < -0.3 is 20.5 Å². The second-order valence-electron chi connectivity index (χ2n) is 4.68. The number of nitro groups is 1. The highest BCUT2D eigenvalue weighted by Crippen LogP contribution is 2.31. The minimum absolute atomic E-state index is 0.0399. The number of nitrogens with one attached hydrogen (secondary N) is 1. The normalized spacial score (nSPS) is 12.0. The quantitative estimate of drug-likeness (QED) is 0.542. The van der Waals surface area contributed by atoms with Gasteiger partial charge >= 0.3 is 0 Å². The van der Waals surface area contributed by atoms with Gasteiger partial charge in [0.2, 0.25) is 5.91 Å². The lowest BCUT2D eigenvalue weighted by Crippen LogP contribution is -2.48. The number of benzene rings is 1. The molecular formula is C13H19N3O5. The summed E-state index contributed by atoms with van der Waals surface area (Å²) < 4.78 is 10.5. The predicted molar refractivity (Wildman–Crippen MR) is 76.4 cm³/mol. The smallest absolute Gasteiger partial charge is 0.273 e. The summed E-state index contributed by atoms with van der Waals surface area (Å²) in [4.78, 5) is 21.6. The van der Waals surface area contributed by atoms with Gasteiger partial charge in [0, 0.05) is 12.1 Å². The van der Waals surface area contributed by atoms with E-state index in [1.54, 1.807) is 0 Å². The molecule has 1 amide bonds. The van der Waals surface area contributed by atoms with Crippen molar-refractivity contribution in [1.29, 1.82) is 0 Å².